The Morgan fingerprint density at radius 2 is 1.42 bits per heavy atom. The third kappa shape index (κ3) is 6.16. The second-order valence-corrected chi connectivity index (χ2v) is 13.6. The molecular weight excluding hydrogens is 786 g/mol. The van der Waals surface area contributed by atoms with E-state index in [1.54, 1.807) is 0 Å². The molecule has 3 N–H and O–H groups in total. The van der Waals surface area contributed by atoms with E-state index in [-0.39, 0.29) is 22.5 Å². The molecule has 6 aromatic rings. The second kappa shape index (κ2) is 13.7. The molecule has 1 unspecified atom stereocenters. The van der Waals surface area contributed by atoms with Crippen LogP contribution in [0.3, 0.4) is 0 Å². The number of aryl methyl sites for hydroxylation is 2. The highest BCUT2D eigenvalue weighted by molar-refractivity contribution is 6.31. The molecule has 3 aromatic heterocycles. The fourth-order valence-corrected chi connectivity index (χ4v) is 6.88. The molecular formula is C35H26Cl2F7N7O4. The summed E-state index contributed by atoms with van der Waals surface area (Å²) >= 11 is 11.5. The monoisotopic (exact) mass is 811 g/mol. The van der Waals surface area contributed by atoms with Crippen LogP contribution in [0.4, 0.5) is 30.7 Å². The summed E-state index contributed by atoms with van der Waals surface area (Å²) < 4.78 is 112. The van der Waals surface area contributed by atoms with Gasteiger partial charge in [-0.15, -0.1) is 0 Å². The minimum absolute atomic E-state index is 0.148. The Hall–Kier alpha value is -4.85. The zero-order valence-electron chi connectivity index (χ0n) is 28.2. The van der Waals surface area contributed by atoms with Crippen LogP contribution in [-0.2, 0) is 22.4 Å². The molecule has 20 heteroatoms. The summed E-state index contributed by atoms with van der Waals surface area (Å²) in [6.45, 7) is 1.90. The van der Waals surface area contributed by atoms with Crippen LogP contribution in [-0.4, -0.2) is 68.5 Å². The fraction of sp³-hybridized carbons (Fsp3) is 0.257. The van der Waals surface area contributed by atoms with Gasteiger partial charge in [0, 0.05) is 41.1 Å². The van der Waals surface area contributed by atoms with E-state index >= 15 is 8.78 Å². The molecule has 1 fully saturated rings. The van der Waals surface area contributed by atoms with Crippen molar-refractivity contribution >= 4 is 23.2 Å². The molecule has 0 spiro atoms. The number of aliphatic hydroxyl groups excluding tert-OH is 2. The first kappa shape index (κ1) is 38.4. The van der Waals surface area contributed by atoms with Crippen LogP contribution in [0.15, 0.2) is 67.3 Å². The number of alkyl halides is 3. The van der Waals surface area contributed by atoms with Gasteiger partial charge in [0.15, 0.2) is 29.1 Å². The number of hydrogen-bond acceptors (Lipinski definition) is 8. The number of halogens is 9. The normalized spacial score (nSPS) is 21.7. The molecule has 3 aromatic carbocycles. The van der Waals surface area contributed by atoms with Gasteiger partial charge in [-0.05, 0) is 55.8 Å². The summed E-state index contributed by atoms with van der Waals surface area (Å²) in [5.74, 6) is -6.37. The summed E-state index contributed by atoms with van der Waals surface area (Å²) in [6.07, 6.45) is -5.09. The predicted molar refractivity (Wildman–Crippen MR) is 181 cm³/mol. The smallest absolute Gasteiger partial charge is 0.394 e. The van der Waals surface area contributed by atoms with Crippen LogP contribution >= 0.6 is 23.2 Å². The van der Waals surface area contributed by atoms with Crippen molar-refractivity contribution in [2.24, 2.45) is 0 Å². The van der Waals surface area contributed by atoms with Gasteiger partial charge in [0.1, 0.15) is 11.9 Å². The molecule has 1 aliphatic heterocycles. The summed E-state index contributed by atoms with van der Waals surface area (Å²) in [4.78, 5) is 4.41. The van der Waals surface area contributed by atoms with Crippen molar-refractivity contribution in [3.63, 3.8) is 0 Å². The lowest BCUT2D eigenvalue weighted by Gasteiger charge is -2.51. The van der Waals surface area contributed by atoms with Crippen LogP contribution < -0.4 is 0 Å². The third-order valence-corrected chi connectivity index (χ3v) is 9.81. The summed E-state index contributed by atoms with van der Waals surface area (Å²) in [6, 6.07) is 7.53. The molecule has 7 rings (SSSR count). The Bertz CT molecular complexity index is 2460. The quantitative estimate of drug-likeness (QED) is 0.120. The number of benzene rings is 3. The zero-order chi connectivity index (χ0) is 39.8. The van der Waals surface area contributed by atoms with E-state index in [9.17, 15) is 37.3 Å². The van der Waals surface area contributed by atoms with Crippen LogP contribution in [0.2, 0.25) is 10.0 Å². The van der Waals surface area contributed by atoms with Gasteiger partial charge >= 0.3 is 6.18 Å². The second-order valence-electron chi connectivity index (χ2n) is 12.8. The first-order chi connectivity index (χ1) is 25.9. The molecule has 0 amide bonds. The zero-order valence-corrected chi connectivity index (χ0v) is 29.7. The number of nitrogens with zero attached hydrogens (tertiary/aromatic N) is 7. The van der Waals surface area contributed by atoms with E-state index in [1.165, 1.54) is 19.9 Å². The van der Waals surface area contributed by atoms with Crippen molar-refractivity contribution in [2.75, 3.05) is 6.61 Å². The molecule has 55 heavy (non-hydrogen) atoms. The minimum Gasteiger partial charge on any atom is -0.394 e. The van der Waals surface area contributed by atoms with Gasteiger partial charge in [-0.3, -0.25) is 0 Å². The maximum Gasteiger partial charge on any atom is 0.418 e. The molecule has 11 nitrogen and oxygen atoms in total. The Morgan fingerprint density at radius 3 is 1.98 bits per heavy atom. The summed E-state index contributed by atoms with van der Waals surface area (Å²) in [7, 11) is 0. The standard InChI is InChI=1S/C35H26Cl2F7N7O4/c1-16-3-6-22(35(42,43)44)25(9-16)51-32(47-17(2)48-51)34(50-14-19(12-46-50)21-5-8-24(37)31(41)29(21)39)33(54,10-26(53)27(15-52)55-34)49-13-18(11-45-49)20-4-7-23(36)30(40)28(20)38/h3-9,11-14,26-27,52-54H,10,15H2,1-2H3/t26-,27-,33-,34?/m0/s1. The first-order valence-electron chi connectivity index (χ1n) is 16.1. The lowest BCUT2D eigenvalue weighted by Crippen LogP contribution is -2.68. The SMILES string of the molecule is Cc1ccc(C(F)(F)F)c(-n2nc(C)nc2C2(n3cc(-c4ccc(Cl)c(F)c4F)cn3)O[C@@H](CO)[C@@H](O)C[C@@]2(O)n2cc(-c3ccc(Cl)c(F)c3F)cn2)c1. The number of hydrogen-bond donors (Lipinski definition) is 3. The molecule has 1 aliphatic rings. The van der Waals surface area contributed by atoms with Gasteiger partial charge in [0.2, 0.25) is 5.72 Å². The van der Waals surface area contributed by atoms with Gasteiger partial charge in [-0.25, -0.2) is 36.6 Å². The molecule has 4 heterocycles. The molecule has 0 saturated carbocycles. The summed E-state index contributed by atoms with van der Waals surface area (Å²) in [5.41, 5.74) is -8.25. The van der Waals surface area contributed by atoms with Crippen LogP contribution in [0.25, 0.3) is 27.9 Å². The van der Waals surface area contributed by atoms with Crippen LogP contribution in [0.1, 0.15) is 29.2 Å². The highest BCUT2D eigenvalue weighted by atomic mass is 35.5. The van der Waals surface area contributed by atoms with Gasteiger partial charge in [-0.1, -0.05) is 29.3 Å². The molecule has 4 atom stereocenters. The Labute approximate surface area is 315 Å². The molecule has 0 aliphatic carbocycles. The average Bonchev–Trinajstić information content (AvgIpc) is 3.91. The fourth-order valence-electron chi connectivity index (χ4n) is 6.59. The number of aliphatic hydroxyl groups is 3. The topological polar surface area (TPSA) is 136 Å². The Balaban J connectivity index is 1.56. The van der Waals surface area contributed by atoms with E-state index in [0.29, 0.717) is 5.56 Å². The predicted octanol–water partition coefficient (Wildman–Crippen LogP) is 6.68. The van der Waals surface area contributed by atoms with Crippen molar-refractivity contribution in [1.82, 2.24) is 34.3 Å². The molecule has 0 radical (unpaired) electrons. The van der Waals surface area contributed by atoms with Crippen molar-refractivity contribution in [3.8, 4) is 27.9 Å². The number of rotatable bonds is 7. The van der Waals surface area contributed by atoms with Crippen LogP contribution in [0, 0.1) is 37.1 Å². The van der Waals surface area contributed by atoms with Crippen molar-refractivity contribution < 1.29 is 50.8 Å². The van der Waals surface area contributed by atoms with Gasteiger partial charge in [0.25, 0.3) is 5.72 Å². The average molecular weight is 813 g/mol. The maximum atomic E-state index is 15.3. The largest absolute Gasteiger partial charge is 0.418 e. The highest BCUT2D eigenvalue weighted by Gasteiger charge is 2.66. The summed E-state index contributed by atoms with van der Waals surface area (Å²) in [5, 5.41) is 46.4. The van der Waals surface area contributed by atoms with E-state index < -0.39 is 98.8 Å². The Kier molecular flexibility index (Phi) is 9.58. The van der Waals surface area contributed by atoms with E-state index in [2.05, 4.69) is 20.3 Å². The molecule has 288 valence electrons. The van der Waals surface area contributed by atoms with E-state index in [4.69, 9.17) is 27.9 Å². The van der Waals surface area contributed by atoms with E-state index in [1.807, 2.05) is 0 Å². The van der Waals surface area contributed by atoms with Gasteiger partial charge < -0.3 is 20.1 Å². The van der Waals surface area contributed by atoms with Crippen molar-refractivity contribution in [3.05, 3.63) is 123 Å². The lowest BCUT2D eigenvalue weighted by atomic mass is 9.86. The van der Waals surface area contributed by atoms with Crippen LogP contribution in [0.5, 0.6) is 0 Å². The van der Waals surface area contributed by atoms with Crippen molar-refractivity contribution in [1.29, 1.82) is 0 Å². The molecule has 0 bridgehead atoms. The van der Waals surface area contributed by atoms with E-state index in [0.717, 1.165) is 75.2 Å². The first-order valence-corrected chi connectivity index (χ1v) is 16.9. The molecule has 1 saturated heterocycles. The third-order valence-electron chi connectivity index (χ3n) is 9.23. The van der Waals surface area contributed by atoms with Gasteiger partial charge in [0.05, 0.1) is 46.4 Å². The van der Waals surface area contributed by atoms with Crippen molar-refractivity contribution in [2.45, 2.75) is 50.1 Å². The Morgan fingerprint density at radius 1 is 0.855 bits per heavy atom. The lowest BCUT2D eigenvalue weighted by molar-refractivity contribution is -0.338. The highest BCUT2D eigenvalue weighted by Crippen LogP contribution is 2.50. The minimum atomic E-state index is -4.97. The van der Waals surface area contributed by atoms with Gasteiger partial charge in [-0.2, -0.15) is 28.5 Å². The number of ether oxygens (including phenoxy) is 1. The number of aromatic nitrogens is 7. The maximum absolute atomic E-state index is 15.3.